The van der Waals surface area contributed by atoms with Crippen molar-refractivity contribution in [2.75, 3.05) is 30.2 Å². The third-order valence-corrected chi connectivity index (χ3v) is 14.9. The third kappa shape index (κ3) is 11.9. The van der Waals surface area contributed by atoms with Crippen LogP contribution >= 0.6 is 0 Å². The molecule has 1 aliphatic rings. The first-order valence-corrected chi connectivity index (χ1v) is 26.8. The number of allylic oxidation sites excluding steroid dienone is 4. The van der Waals surface area contributed by atoms with E-state index in [1.54, 1.807) is 91.0 Å². The molecule has 0 spiro atoms. The maximum Gasteiger partial charge on any atom is 0.259 e. The Kier molecular flexibility index (Phi) is 15.9. The van der Waals surface area contributed by atoms with E-state index in [9.17, 15) is 37.8 Å². The van der Waals surface area contributed by atoms with E-state index in [1.165, 1.54) is 56.7 Å². The Morgan fingerprint density at radius 3 is 1.46 bits per heavy atom. The Morgan fingerprint density at radius 1 is 0.518 bits per heavy atom. The number of aromatic hydroxyl groups is 2. The number of benzene rings is 9. The van der Waals surface area contributed by atoms with Crippen molar-refractivity contribution in [3.8, 4) is 23.0 Å². The third-order valence-electron chi connectivity index (χ3n) is 13.2. The molecule has 0 saturated carbocycles. The molecular weight excluding hydrogens is 1090 g/mol. The molecule has 0 bridgehead atoms. The van der Waals surface area contributed by atoms with E-state index < -0.39 is 88.9 Å². The molecule has 0 fully saturated rings. The summed E-state index contributed by atoms with van der Waals surface area (Å²) in [5.74, 6) is -6.04. The van der Waals surface area contributed by atoms with Crippen LogP contribution in [0, 0.1) is 11.6 Å². The van der Waals surface area contributed by atoms with Crippen LogP contribution in [0.2, 0.25) is 0 Å². The van der Waals surface area contributed by atoms with Crippen molar-refractivity contribution in [2.45, 2.75) is 22.6 Å². The number of phenols is 2. The standard InChI is InChI=1S/C62H46F2N8O10S/c1-81-53-27-21-37(59(75)65-39-15-5-3-6-16-39)31-51(53)69-71-55-43-19-11-9-13-35(43)29-45(57(55)73)61(77)67-49-33-41(23-25-47(49)63)83(79,80)42-24-26-48(64)50(34-42)68-62(78)46-30-36-14-10-12-20-44(36)56(58(46)74)72-70-52-32-38(22-28-54(52)82-2)60(76)66-40-17-7-4-8-18-40/h3-7,9-17,19-34,73-74H,8,18H2,1-2H3,(H,65,75)(H,66,76)(H,67,77)(H,68,78). The van der Waals surface area contributed by atoms with Gasteiger partial charge in [0.2, 0.25) is 9.84 Å². The molecule has 0 saturated heterocycles. The molecule has 1 aliphatic carbocycles. The molecule has 10 rings (SSSR count). The molecule has 0 atom stereocenters. The van der Waals surface area contributed by atoms with Crippen molar-refractivity contribution >= 4 is 94.8 Å². The van der Waals surface area contributed by atoms with Gasteiger partial charge < -0.3 is 41.0 Å². The summed E-state index contributed by atoms with van der Waals surface area (Å²) in [5.41, 5.74) is -0.481. The minimum Gasteiger partial charge on any atom is -0.505 e. The van der Waals surface area contributed by atoms with Crippen molar-refractivity contribution in [2.24, 2.45) is 20.5 Å². The summed E-state index contributed by atoms with van der Waals surface area (Å²) in [6.45, 7) is 0. The van der Waals surface area contributed by atoms with Gasteiger partial charge >= 0.3 is 0 Å². The quantitative estimate of drug-likeness (QED) is 0.0394. The second-order valence-electron chi connectivity index (χ2n) is 18.5. The number of sulfone groups is 1. The van der Waals surface area contributed by atoms with Crippen LogP contribution in [0.3, 0.4) is 0 Å². The fourth-order valence-corrected chi connectivity index (χ4v) is 10.2. The lowest BCUT2D eigenvalue weighted by molar-refractivity contribution is 0.0961. The zero-order chi connectivity index (χ0) is 58.4. The predicted molar refractivity (Wildman–Crippen MR) is 308 cm³/mol. The molecular formula is C62H46F2N8O10S. The number of carbonyl (C=O) groups excluding carboxylic acids is 4. The second kappa shape index (κ2) is 23.8. The first-order chi connectivity index (χ1) is 40.1. The van der Waals surface area contributed by atoms with E-state index in [-0.39, 0.29) is 45.4 Å². The average molecular weight is 1130 g/mol. The number of ether oxygens (including phenoxy) is 2. The number of anilines is 3. The second-order valence-corrected chi connectivity index (χ2v) is 20.4. The van der Waals surface area contributed by atoms with Crippen LogP contribution in [0.5, 0.6) is 23.0 Å². The number of hydrogen-bond donors (Lipinski definition) is 6. The molecule has 9 aromatic rings. The van der Waals surface area contributed by atoms with E-state index in [0.29, 0.717) is 33.7 Å². The molecule has 83 heavy (non-hydrogen) atoms. The van der Waals surface area contributed by atoms with Gasteiger partial charge in [0.25, 0.3) is 23.6 Å². The number of amides is 4. The van der Waals surface area contributed by atoms with Crippen molar-refractivity contribution in [3.05, 3.63) is 222 Å². The lowest BCUT2D eigenvalue weighted by Crippen LogP contribution is -2.23. The first-order valence-electron chi connectivity index (χ1n) is 25.3. The molecule has 0 heterocycles. The van der Waals surface area contributed by atoms with Gasteiger partial charge in [0, 0.05) is 33.3 Å². The smallest absolute Gasteiger partial charge is 0.259 e. The highest BCUT2D eigenvalue weighted by Crippen LogP contribution is 2.43. The Hall–Kier alpha value is -10.9. The first kappa shape index (κ1) is 55.4. The number of fused-ring (bicyclic) bond motifs is 2. The summed E-state index contributed by atoms with van der Waals surface area (Å²) in [5, 5.41) is 52.4. The Morgan fingerprint density at radius 2 is 0.988 bits per heavy atom. The minimum atomic E-state index is -4.69. The summed E-state index contributed by atoms with van der Waals surface area (Å²) in [4.78, 5) is 53.3. The molecule has 9 aromatic carbocycles. The maximum absolute atomic E-state index is 15.6. The van der Waals surface area contributed by atoms with Crippen molar-refractivity contribution in [1.82, 2.24) is 5.32 Å². The van der Waals surface area contributed by atoms with Gasteiger partial charge in [-0.05, 0) is 127 Å². The van der Waals surface area contributed by atoms with E-state index in [2.05, 4.69) is 41.7 Å². The van der Waals surface area contributed by atoms with Gasteiger partial charge in [0.1, 0.15) is 45.9 Å². The molecule has 18 nitrogen and oxygen atoms in total. The number of phenolic OH excluding ortho intramolecular Hbond substituents is 2. The summed E-state index contributed by atoms with van der Waals surface area (Å²) in [6.07, 6.45) is 7.06. The summed E-state index contributed by atoms with van der Waals surface area (Å²) in [7, 11) is -1.91. The molecule has 21 heteroatoms. The zero-order valence-electron chi connectivity index (χ0n) is 43.8. The number of methoxy groups -OCH3 is 2. The SMILES string of the molecule is COc1ccc(C(=O)NC2=CC=CCC2)cc1N=Nc1c(O)c(C(=O)Nc2cc(S(=O)(=O)c3ccc(F)c(NC(=O)c4cc5ccccc5c(N=Nc5cc(C(=O)Nc6ccccc6)ccc5OC)c4O)c3)ccc2F)cc2ccccc12. The zero-order valence-corrected chi connectivity index (χ0v) is 44.7. The summed E-state index contributed by atoms with van der Waals surface area (Å²) >= 11 is 0. The Bertz CT molecular complexity index is 4360. The van der Waals surface area contributed by atoms with Crippen molar-refractivity contribution < 1.29 is 56.1 Å². The van der Waals surface area contributed by atoms with Crippen LogP contribution in [0.15, 0.2) is 218 Å². The fraction of sp³-hybridized carbons (Fsp3) is 0.0645. The van der Waals surface area contributed by atoms with Gasteiger partial charge in [-0.2, -0.15) is 0 Å². The van der Waals surface area contributed by atoms with Gasteiger partial charge in [-0.25, -0.2) is 17.2 Å². The monoisotopic (exact) mass is 1130 g/mol. The fourth-order valence-electron chi connectivity index (χ4n) is 8.91. The molecule has 0 radical (unpaired) electrons. The van der Waals surface area contributed by atoms with Crippen LogP contribution in [0.1, 0.15) is 54.3 Å². The van der Waals surface area contributed by atoms with Gasteiger partial charge in [-0.15, -0.1) is 20.5 Å². The van der Waals surface area contributed by atoms with Gasteiger partial charge in [0.15, 0.2) is 11.5 Å². The highest BCUT2D eigenvalue weighted by Gasteiger charge is 2.26. The Balaban J connectivity index is 0.900. The molecule has 0 aliphatic heterocycles. The van der Waals surface area contributed by atoms with Crippen molar-refractivity contribution in [3.63, 3.8) is 0 Å². The lowest BCUT2D eigenvalue weighted by atomic mass is 10.0. The van der Waals surface area contributed by atoms with Gasteiger partial charge in [0.05, 0.1) is 46.5 Å². The van der Waals surface area contributed by atoms with Crippen LogP contribution in [-0.2, 0) is 9.84 Å². The molecule has 0 aromatic heterocycles. The van der Waals surface area contributed by atoms with Crippen LogP contribution in [0.25, 0.3) is 21.5 Å². The number of halogens is 2. The van der Waals surface area contributed by atoms with Gasteiger partial charge in [-0.3, -0.25) is 19.2 Å². The number of rotatable bonds is 16. The number of nitrogens with one attached hydrogen (secondary N) is 4. The number of hydrogen-bond acceptors (Lipinski definition) is 14. The molecule has 414 valence electrons. The highest BCUT2D eigenvalue weighted by atomic mass is 32.2. The molecule has 6 N–H and O–H groups in total. The Labute approximate surface area is 472 Å². The molecule has 0 unspecified atom stereocenters. The number of para-hydroxylation sites is 1. The summed E-state index contributed by atoms with van der Waals surface area (Å²) < 4.78 is 70.7. The lowest BCUT2D eigenvalue weighted by Gasteiger charge is -2.14. The van der Waals surface area contributed by atoms with Crippen LogP contribution < -0.4 is 30.7 Å². The van der Waals surface area contributed by atoms with Crippen LogP contribution in [0.4, 0.5) is 48.6 Å². The highest BCUT2D eigenvalue weighted by molar-refractivity contribution is 7.91. The topological polar surface area (TPSA) is 259 Å². The van der Waals surface area contributed by atoms with Crippen molar-refractivity contribution in [1.29, 1.82) is 0 Å². The predicted octanol–water partition coefficient (Wildman–Crippen LogP) is 14.1. The minimum absolute atomic E-state index is 0.0934. The maximum atomic E-state index is 15.6. The van der Waals surface area contributed by atoms with E-state index in [4.69, 9.17) is 9.47 Å². The molecule has 4 amide bonds. The largest absolute Gasteiger partial charge is 0.505 e. The van der Waals surface area contributed by atoms with E-state index in [0.717, 1.165) is 48.5 Å². The van der Waals surface area contributed by atoms with Gasteiger partial charge in [-0.1, -0.05) is 78.9 Å². The summed E-state index contributed by atoms with van der Waals surface area (Å²) in [6, 6.07) is 38.6. The van der Waals surface area contributed by atoms with E-state index >= 15 is 8.78 Å². The number of carbonyl (C=O) groups is 4. The average Bonchev–Trinajstić information content (AvgIpc) is 3.67. The number of nitrogens with zero attached hydrogens (tertiary/aromatic N) is 4. The number of azo groups is 2. The van der Waals surface area contributed by atoms with E-state index in [1.807, 2.05) is 12.2 Å². The normalized spacial score (nSPS) is 12.3. The van der Waals surface area contributed by atoms with Crippen LogP contribution in [-0.4, -0.2) is 56.5 Å².